The number of hydrogen-bond donors (Lipinski definition) is 3. The van der Waals surface area contributed by atoms with Crippen LogP contribution < -0.4 is 16.4 Å². The molecule has 7 nitrogen and oxygen atoms in total. The van der Waals surface area contributed by atoms with Crippen LogP contribution in [-0.4, -0.2) is 31.6 Å². The molecule has 0 atom stereocenters. The molecule has 2 fully saturated rings. The molecule has 5 rings (SSSR count). The molecule has 0 saturated heterocycles. The maximum absolute atomic E-state index is 13.2. The molecule has 2 aliphatic rings. The van der Waals surface area contributed by atoms with Gasteiger partial charge >= 0.3 is 0 Å². The molecule has 180 valence electrons. The van der Waals surface area contributed by atoms with E-state index >= 15 is 0 Å². The Hall–Kier alpha value is -2.16. The summed E-state index contributed by atoms with van der Waals surface area (Å²) in [7, 11) is 0. The zero-order valence-corrected chi connectivity index (χ0v) is 20.2. The van der Waals surface area contributed by atoms with Crippen molar-refractivity contribution in [2.45, 2.75) is 76.0 Å². The van der Waals surface area contributed by atoms with Gasteiger partial charge in [-0.25, -0.2) is 9.37 Å². The minimum atomic E-state index is -0.234. The Morgan fingerprint density at radius 3 is 2.36 bits per heavy atom. The number of imidazole rings is 1. The van der Waals surface area contributed by atoms with Crippen molar-refractivity contribution in [2.24, 2.45) is 5.73 Å². The molecule has 0 radical (unpaired) electrons. The second kappa shape index (κ2) is 11.3. The highest BCUT2D eigenvalue weighted by Crippen LogP contribution is 2.33. The Kier molecular flexibility index (Phi) is 8.73. The average Bonchev–Trinajstić information content (AvgIpc) is 3.44. The first-order valence-electron chi connectivity index (χ1n) is 11.4. The van der Waals surface area contributed by atoms with Crippen molar-refractivity contribution >= 4 is 47.7 Å². The number of benzene rings is 1. The largest absolute Gasteiger partial charge is 0.364 e. The van der Waals surface area contributed by atoms with E-state index in [4.69, 9.17) is 15.7 Å². The number of nitrogens with two attached hydrogens (primary N) is 1. The van der Waals surface area contributed by atoms with Gasteiger partial charge in [-0.05, 0) is 56.2 Å². The van der Waals surface area contributed by atoms with Gasteiger partial charge in [-0.3, -0.25) is 0 Å². The zero-order valence-electron chi connectivity index (χ0n) is 18.5. The number of nitrogens with one attached hydrogen (secondary N) is 2. The van der Waals surface area contributed by atoms with Gasteiger partial charge in [-0.15, -0.1) is 24.8 Å². The molecule has 33 heavy (non-hydrogen) atoms. The first-order valence-corrected chi connectivity index (χ1v) is 11.4. The van der Waals surface area contributed by atoms with E-state index in [-0.39, 0.29) is 30.6 Å². The highest BCUT2D eigenvalue weighted by molar-refractivity contribution is 5.86. The SMILES string of the molecule is Cl.Cl.NC1CCC(Nc2nc(NCc3ccc(F)cc3)c3ncn(C4CCCC4)c3n2)CC1. The van der Waals surface area contributed by atoms with E-state index in [0.717, 1.165) is 55.3 Å². The zero-order chi connectivity index (χ0) is 21.2. The van der Waals surface area contributed by atoms with Crippen molar-refractivity contribution < 1.29 is 4.39 Å². The molecule has 0 unspecified atom stereocenters. The predicted octanol–water partition coefficient (Wildman–Crippen LogP) is 5.22. The second-order valence-electron chi connectivity index (χ2n) is 8.89. The van der Waals surface area contributed by atoms with Gasteiger partial charge in [-0.2, -0.15) is 9.97 Å². The monoisotopic (exact) mass is 495 g/mol. The van der Waals surface area contributed by atoms with E-state index in [9.17, 15) is 4.39 Å². The molecular weight excluding hydrogens is 464 g/mol. The topological polar surface area (TPSA) is 93.7 Å². The van der Waals surface area contributed by atoms with Crippen LogP contribution in [0.5, 0.6) is 0 Å². The van der Waals surface area contributed by atoms with Gasteiger partial charge in [0.25, 0.3) is 0 Å². The molecule has 4 N–H and O–H groups in total. The smallest absolute Gasteiger partial charge is 0.227 e. The highest BCUT2D eigenvalue weighted by atomic mass is 35.5. The Morgan fingerprint density at radius 2 is 1.67 bits per heavy atom. The number of hydrogen-bond acceptors (Lipinski definition) is 6. The van der Waals surface area contributed by atoms with Gasteiger partial charge in [0, 0.05) is 24.7 Å². The van der Waals surface area contributed by atoms with Crippen molar-refractivity contribution in [1.29, 1.82) is 0 Å². The van der Waals surface area contributed by atoms with E-state index in [1.54, 1.807) is 12.1 Å². The fraction of sp³-hybridized carbons (Fsp3) is 0.522. The number of nitrogens with zero attached hydrogens (tertiary/aromatic N) is 4. The number of aromatic nitrogens is 4. The molecule has 2 aliphatic carbocycles. The summed E-state index contributed by atoms with van der Waals surface area (Å²) in [4.78, 5) is 14.3. The van der Waals surface area contributed by atoms with Crippen LogP contribution in [0, 0.1) is 5.82 Å². The highest BCUT2D eigenvalue weighted by Gasteiger charge is 2.23. The van der Waals surface area contributed by atoms with Crippen LogP contribution in [0.3, 0.4) is 0 Å². The minimum Gasteiger partial charge on any atom is -0.364 e. The number of anilines is 2. The molecule has 0 aliphatic heterocycles. The van der Waals surface area contributed by atoms with Gasteiger partial charge in [0.2, 0.25) is 5.95 Å². The molecular formula is C23H32Cl2FN7. The second-order valence-corrected chi connectivity index (χ2v) is 8.89. The molecule has 2 aromatic heterocycles. The van der Waals surface area contributed by atoms with Gasteiger partial charge in [0.05, 0.1) is 6.33 Å². The third-order valence-electron chi connectivity index (χ3n) is 6.62. The summed E-state index contributed by atoms with van der Waals surface area (Å²) < 4.78 is 15.5. The van der Waals surface area contributed by atoms with Crippen LogP contribution in [0.1, 0.15) is 63.0 Å². The van der Waals surface area contributed by atoms with E-state index in [1.165, 1.54) is 25.0 Å². The Morgan fingerprint density at radius 1 is 0.970 bits per heavy atom. The van der Waals surface area contributed by atoms with Gasteiger partial charge in [0.1, 0.15) is 5.82 Å². The van der Waals surface area contributed by atoms with Gasteiger partial charge < -0.3 is 20.9 Å². The molecule has 1 aromatic carbocycles. The lowest BCUT2D eigenvalue weighted by Crippen LogP contribution is -2.33. The summed E-state index contributed by atoms with van der Waals surface area (Å²) in [6.07, 6.45) is 10.8. The van der Waals surface area contributed by atoms with Crippen LogP contribution >= 0.6 is 24.8 Å². The summed E-state index contributed by atoms with van der Waals surface area (Å²) in [6.45, 7) is 0.542. The van der Waals surface area contributed by atoms with E-state index in [2.05, 4.69) is 20.2 Å². The molecule has 3 aromatic rings. The fourth-order valence-electron chi connectivity index (χ4n) is 4.79. The normalized spacial score (nSPS) is 20.8. The average molecular weight is 496 g/mol. The quantitative estimate of drug-likeness (QED) is 0.434. The van der Waals surface area contributed by atoms with Crippen LogP contribution in [0.15, 0.2) is 30.6 Å². The van der Waals surface area contributed by atoms with E-state index in [0.29, 0.717) is 36.4 Å². The van der Waals surface area contributed by atoms with Crippen molar-refractivity contribution in [3.8, 4) is 0 Å². The first-order chi connectivity index (χ1) is 15.2. The number of halogens is 3. The predicted molar refractivity (Wildman–Crippen MR) is 135 cm³/mol. The number of rotatable bonds is 6. The molecule has 0 spiro atoms. The van der Waals surface area contributed by atoms with E-state index in [1.807, 2.05) is 6.33 Å². The standard InChI is InChI=1S/C23H30FN7.2ClH/c24-16-7-5-15(6-8-16)13-26-21-20-22(31(14-27-20)19-3-1-2-4-19)30-23(29-21)28-18-11-9-17(25)10-12-18;;/h5-8,14,17-19H,1-4,9-13,25H2,(H2,26,28,29,30);2*1H. The Balaban J connectivity index is 0.00000153. The summed E-state index contributed by atoms with van der Waals surface area (Å²) in [5.41, 5.74) is 8.71. The maximum atomic E-state index is 13.2. The van der Waals surface area contributed by atoms with E-state index < -0.39 is 0 Å². The van der Waals surface area contributed by atoms with Crippen molar-refractivity contribution in [3.05, 3.63) is 42.0 Å². The molecule has 2 heterocycles. The molecule has 0 bridgehead atoms. The Bertz CT molecular complexity index is 1030. The summed E-state index contributed by atoms with van der Waals surface area (Å²) in [5, 5.41) is 6.94. The number of fused-ring (bicyclic) bond motifs is 1. The third-order valence-corrected chi connectivity index (χ3v) is 6.62. The molecule has 2 saturated carbocycles. The van der Waals surface area contributed by atoms with Crippen LogP contribution in [0.4, 0.5) is 16.2 Å². The van der Waals surface area contributed by atoms with Gasteiger partial charge in [-0.1, -0.05) is 25.0 Å². The van der Waals surface area contributed by atoms with Crippen LogP contribution in [0.25, 0.3) is 11.2 Å². The van der Waals surface area contributed by atoms with Crippen molar-refractivity contribution in [2.75, 3.05) is 10.6 Å². The Labute approximate surface area is 206 Å². The summed E-state index contributed by atoms with van der Waals surface area (Å²) >= 11 is 0. The van der Waals surface area contributed by atoms with Crippen molar-refractivity contribution in [1.82, 2.24) is 19.5 Å². The lowest BCUT2D eigenvalue weighted by Gasteiger charge is -2.27. The third kappa shape index (κ3) is 5.86. The van der Waals surface area contributed by atoms with Crippen molar-refractivity contribution in [3.63, 3.8) is 0 Å². The van der Waals surface area contributed by atoms with Crippen LogP contribution in [0.2, 0.25) is 0 Å². The molecule has 0 amide bonds. The van der Waals surface area contributed by atoms with Crippen LogP contribution in [-0.2, 0) is 6.54 Å². The lowest BCUT2D eigenvalue weighted by molar-refractivity contribution is 0.410. The summed E-state index contributed by atoms with van der Waals surface area (Å²) in [5.74, 6) is 1.11. The molecule has 10 heteroatoms. The minimum absolute atomic E-state index is 0. The summed E-state index contributed by atoms with van der Waals surface area (Å²) in [6, 6.07) is 7.60. The lowest BCUT2D eigenvalue weighted by atomic mass is 9.92. The fourth-order valence-corrected chi connectivity index (χ4v) is 4.79. The van der Waals surface area contributed by atoms with Gasteiger partial charge in [0.15, 0.2) is 17.0 Å². The first kappa shape index (κ1) is 25.5. The maximum Gasteiger partial charge on any atom is 0.227 e.